The van der Waals surface area contributed by atoms with Crippen molar-refractivity contribution in [3.63, 3.8) is 0 Å². The predicted molar refractivity (Wildman–Crippen MR) is 88.4 cm³/mol. The highest BCUT2D eigenvalue weighted by Gasteiger charge is 2.19. The van der Waals surface area contributed by atoms with E-state index in [0.29, 0.717) is 22.4 Å². The van der Waals surface area contributed by atoms with Gasteiger partial charge in [0.2, 0.25) is 0 Å². The molecule has 2 aromatic carbocycles. The molecule has 0 aliphatic heterocycles. The average Bonchev–Trinajstić information content (AvgIpc) is 2.45. The first-order chi connectivity index (χ1) is 10.7. The molecule has 0 amide bonds. The van der Waals surface area contributed by atoms with Crippen LogP contribution in [0.25, 0.3) is 11.1 Å². The number of aromatic carboxylic acids is 1. The Morgan fingerprint density at radius 2 is 1.70 bits per heavy atom. The molecular weight excluding hydrogens is 294 g/mol. The van der Waals surface area contributed by atoms with E-state index in [2.05, 4.69) is 0 Å². The van der Waals surface area contributed by atoms with Crippen LogP contribution < -0.4 is 5.73 Å². The maximum atomic E-state index is 12.1. The van der Waals surface area contributed by atoms with Gasteiger partial charge < -0.3 is 15.6 Å². The quantitative estimate of drug-likeness (QED) is 0.667. The Labute approximate surface area is 134 Å². The van der Waals surface area contributed by atoms with Crippen LogP contribution in [0.4, 0.5) is 5.69 Å². The standard InChI is InChI=1S/C18H19NO4/c1-18(2,3)23-17(22)11-8-9-13(15(19)10-11)12-6-4-5-7-14(12)16(20)21/h4-10H,19H2,1-3H3,(H,20,21). The highest BCUT2D eigenvalue weighted by Crippen LogP contribution is 2.30. The number of carbonyl (C=O) groups is 2. The number of hydrogen-bond acceptors (Lipinski definition) is 4. The molecule has 0 fully saturated rings. The van der Waals surface area contributed by atoms with Crippen LogP contribution in [0.3, 0.4) is 0 Å². The van der Waals surface area contributed by atoms with E-state index in [1.165, 1.54) is 12.1 Å². The summed E-state index contributed by atoms with van der Waals surface area (Å²) in [5.41, 5.74) is 7.30. The molecule has 0 unspecified atom stereocenters. The molecule has 0 spiro atoms. The maximum Gasteiger partial charge on any atom is 0.338 e. The topological polar surface area (TPSA) is 89.6 Å². The van der Waals surface area contributed by atoms with Crippen LogP contribution in [0, 0.1) is 0 Å². The summed E-state index contributed by atoms with van der Waals surface area (Å²) in [6, 6.07) is 11.3. The number of ether oxygens (including phenoxy) is 1. The molecule has 0 bridgehead atoms. The van der Waals surface area contributed by atoms with Gasteiger partial charge in [0.05, 0.1) is 11.1 Å². The van der Waals surface area contributed by atoms with Gasteiger partial charge in [-0.05, 0) is 44.5 Å². The largest absolute Gasteiger partial charge is 0.478 e. The van der Waals surface area contributed by atoms with E-state index in [9.17, 15) is 14.7 Å². The summed E-state index contributed by atoms with van der Waals surface area (Å²) in [7, 11) is 0. The van der Waals surface area contributed by atoms with E-state index in [1.807, 2.05) is 0 Å². The Hall–Kier alpha value is -2.82. The summed E-state index contributed by atoms with van der Waals surface area (Å²) < 4.78 is 5.30. The van der Waals surface area contributed by atoms with Crippen molar-refractivity contribution in [2.24, 2.45) is 0 Å². The number of rotatable bonds is 3. The zero-order valence-corrected chi connectivity index (χ0v) is 13.3. The third kappa shape index (κ3) is 3.88. The van der Waals surface area contributed by atoms with Gasteiger partial charge in [0.1, 0.15) is 5.60 Å². The summed E-state index contributed by atoms with van der Waals surface area (Å²) in [6.07, 6.45) is 0. The second-order valence-electron chi connectivity index (χ2n) is 6.15. The van der Waals surface area contributed by atoms with Crippen LogP contribution in [0.1, 0.15) is 41.5 Å². The molecule has 0 aliphatic carbocycles. The van der Waals surface area contributed by atoms with E-state index < -0.39 is 17.5 Å². The highest BCUT2D eigenvalue weighted by molar-refractivity contribution is 5.99. The van der Waals surface area contributed by atoms with Crippen molar-refractivity contribution in [2.45, 2.75) is 26.4 Å². The fraction of sp³-hybridized carbons (Fsp3) is 0.222. The number of anilines is 1. The zero-order chi connectivity index (χ0) is 17.2. The van der Waals surface area contributed by atoms with E-state index in [4.69, 9.17) is 10.5 Å². The molecule has 23 heavy (non-hydrogen) atoms. The first-order valence-electron chi connectivity index (χ1n) is 7.14. The van der Waals surface area contributed by atoms with Crippen molar-refractivity contribution < 1.29 is 19.4 Å². The molecule has 3 N–H and O–H groups in total. The summed E-state index contributed by atoms with van der Waals surface area (Å²) in [5.74, 6) is -1.50. The number of benzene rings is 2. The van der Waals surface area contributed by atoms with E-state index in [1.54, 1.807) is 51.1 Å². The number of hydrogen-bond donors (Lipinski definition) is 2. The lowest BCUT2D eigenvalue weighted by molar-refractivity contribution is 0.00694. The summed E-state index contributed by atoms with van der Waals surface area (Å²) in [6.45, 7) is 5.35. The molecule has 0 aliphatic rings. The molecular formula is C18H19NO4. The van der Waals surface area contributed by atoms with E-state index in [0.717, 1.165) is 0 Å². The fourth-order valence-corrected chi connectivity index (χ4v) is 2.18. The molecule has 5 nitrogen and oxygen atoms in total. The molecule has 0 saturated carbocycles. The Morgan fingerprint density at radius 3 is 2.26 bits per heavy atom. The third-order valence-corrected chi connectivity index (χ3v) is 3.13. The van der Waals surface area contributed by atoms with Crippen molar-refractivity contribution in [3.05, 3.63) is 53.6 Å². The lowest BCUT2D eigenvalue weighted by Gasteiger charge is -2.20. The Morgan fingerprint density at radius 1 is 1.04 bits per heavy atom. The second kappa shape index (κ2) is 6.12. The summed E-state index contributed by atoms with van der Waals surface area (Å²) in [5, 5.41) is 9.27. The van der Waals surface area contributed by atoms with Gasteiger partial charge in [-0.15, -0.1) is 0 Å². The van der Waals surface area contributed by atoms with Gasteiger partial charge in [0.15, 0.2) is 0 Å². The molecule has 0 saturated heterocycles. The van der Waals surface area contributed by atoms with Crippen LogP contribution in [0.2, 0.25) is 0 Å². The number of esters is 1. The smallest absolute Gasteiger partial charge is 0.338 e. The Bertz CT molecular complexity index is 760. The van der Waals surface area contributed by atoms with Crippen LogP contribution in [0.15, 0.2) is 42.5 Å². The minimum absolute atomic E-state index is 0.157. The number of carboxylic acids is 1. The van der Waals surface area contributed by atoms with Crippen molar-refractivity contribution in [3.8, 4) is 11.1 Å². The van der Waals surface area contributed by atoms with Gasteiger partial charge >= 0.3 is 11.9 Å². The maximum absolute atomic E-state index is 12.1. The van der Waals surface area contributed by atoms with Gasteiger partial charge in [-0.1, -0.05) is 24.3 Å². The molecule has 2 rings (SSSR count). The molecule has 2 aromatic rings. The zero-order valence-electron chi connectivity index (χ0n) is 13.3. The minimum atomic E-state index is -1.03. The molecule has 0 atom stereocenters. The monoisotopic (exact) mass is 313 g/mol. The molecule has 5 heteroatoms. The molecule has 0 heterocycles. The predicted octanol–water partition coefficient (Wildman–Crippen LogP) is 3.59. The minimum Gasteiger partial charge on any atom is -0.478 e. The van der Waals surface area contributed by atoms with Crippen molar-refractivity contribution in [2.75, 3.05) is 5.73 Å². The number of nitrogen functional groups attached to an aromatic ring is 1. The highest BCUT2D eigenvalue weighted by atomic mass is 16.6. The Kier molecular flexibility index (Phi) is 4.40. The number of nitrogens with two attached hydrogens (primary N) is 1. The van der Waals surface area contributed by atoms with Gasteiger partial charge in [-0.3, -0.25) is 0 Å². The van der Waals surface area contributed by atoms with Crippen LogP contribution in [-0.2, 0) is 4.74 Å². The van der Waals surface area contributed by atoms with Crippen LogP contribution >= 0.6 is 0 Å². The van der Waals surface area contributed by atoms with Crippen molar-refractivity contribution >= 4 is 17.6 Å². The van der Waals surface area contributed by atoms with Crippen LogP contribution in [0.5, 0.6) is 0 Å². The second-order valence-corrected chi connectivity index (χ2v) is 6.15. The first-order valence-corrected chi connectivity index (χ1v) is 7.14. The third-order valence-electron chi connectivity index (χ3n) is 3.13. The average molecular weight is 313 g/mol. The lowest BCUT2D eigenvalue weighted by atomic mass is 9.97. The van der Waals surface area contributed by atoms with E-state index >= 15 is 0 Å². The van der Waals surface area contributed by atoms with Gasteiger partial charge in [-0.2, -0.15) is 0 Å². The van der Waals surface area contributed by atoms with Crippen molar-refractivity contribution in [1.82, 2.24) is 0 Å². The van der Waals surface area contributed by atoms with Crippen molar-refractivity contribution in [1.29, 1.82) is 0 Å². The first kappa shape index (κ1) is 16.5. The fourth-order valence-electron chi connectivity index (χ4n) is 2.18. The summed E-state index contributed by atoms with van der Waals surface area (Å²) >= 11 is 0. The SMILES string of the molecule is CC(C)(C)OC(=O)c1ccc(-c2ccccc2C(=O)O)c(N)c1. The van der Waals surface area contributed by atoms with Crippen LogP contribution in [-0.4, -0.2) is 22.6 Å². The Balaban J connectivity index is 2.42. The van der Waals surface area contributed by atoms with Gasteiger partial charge in [0.25, 0.3) is 0 Å². The lowest BCUT2D eigenvalue weighted by Crippen LogP contribution is -2.23. The number of carbonyl (C=O) groups excluding carboxylic acids is 1. The number of carboxylic acid groups (broad SMARTS) is 1. The summed E-state index contributed by atoms with van der Waals surface area (Å²) in [4.78, 5) is 23.4. The van der Waals surface area contributed by atoms with Gasteiger partial charge in [0, 0.05) is 11.3 Å². The molecule has 0 radical (unpaired) electrons. The van der Waals surface area contributed by atoms with Gasteiger partial charge in [-0.25, -0.2) is 9.59 Å². The molecule has 120 valence electrons. The van der Waals surface area contributed by atoms with E-state index in [-0.39, 0.29) is 5.56 Å². The molecule has 0 aromatic heterocycles. The normalized spacial score (nSPS) is 11.1.